The molecule has 0 aromatic carbocycles. The summed E-state index contributed by atoms with van der Waals surface area (Å²) in [7, 11) is 0. The Morgan fingerprint density at radius 3 is 2.88 bits per heavy atom. The molecule has 1 aromatic rings. The lowest BCUT2D eigenvalue weighted by atomic mass is 10.2. The molecule has 0 saturated carbocycles. The fourth-order valence-corrected chi connectivity index (χ4v) is 1.33. The minimum absolute atomic E-state index is 0.0707. The summed E-state index contributed by atoms with van der Waals surface area (Å²) in [5.41, 5.74) is 0.808. The molecule has 0 aliphatic rings. The van der Waals surface area contributed by atoms with E-state index in [4.69, 9.17) is 5.11 Å². The molecule has 0 aliphatic carbocycles. The highest BCUT2D eigenvalue weighted by Crippen LogP contribution is 1.98. The summed E-state index contributed by atoms with van der Waals surface area (Å²) >= 11 is 0. The SMILES string of the molecule is CC(CC(=O)O)NC(=O)Cc1cccnc1. The molecular formula is C11H14N2O3. The molecule has 5 heteroatoms. The van der Waals surface area contributed by atoms with Gasteiger partial charge in [0.05, 0.1) is 12.8 Å². The number of rotatable bonds is 5. The molecular weight excluding hydrogens is 208 g/mol. The summed E-state index contributed by atoms with van der Waals surface area (Å²) in [5, 5.41) is 11.1. The second-order valence-electron chi connectivity index (χ2n) is 3.60. The van der Waals surface area contributed by atoms with Gasteiger partial charge in [0.2, 0.25) is 5.91 Å². The minimum Gasteiger partial charge on any atom is -0.481 e. The van der Waals surface area contributed by atoms with Gasteiger partial charge in [-0.05, 0) is 18.6 Å². The number of hydrogen-bond acceptors (Lipinski definition) is 3. The molecule has 86 valence electrons. The van der Waals surface area contributed by atoms with Crippen LogP contribution in [0.3, 0.4) is 0 Å². The topological polar surface area (TPSA) is 79.3 Å². The predicted molar refractivity (Wildman–Crippen MR) is 57.8 cm³/mol. The zero-order chi connectivity index (χ0) is 12.0. The van der Waals surface area contributed by atoms with Gasteiger partial charge in [0.1, 0.15) is 0 Å². The van der Waals surface area contributed by atoms with Crippen LogP contribution in [0.2, 0.25) is 0 Å². The van der Waals surface area contributed by atoms with Crippen LogP contribution in [0.4, 0.5) is 0 Å². The first kappa shape index (κ1) is 12.2. The van der Waals surface area contributed by atoms with Crippen molar-refractivity contribution in [3.05, 3.63) is 30.1 Å². The Morgan fingerprint density at radius 2 is 2.31 bits per heavy atom. The van der Waals surface area contributed by atoms with E-state index in [0.717, 1.165) is 5.56 Å². The van der Waals surface area contributed by atoms with E-state index in [1.54, 1.807) is 31.5 Å². The van der Waals surface area contributed by atoms with E-state index in [9.17, 15) is 9.59 Å². The lowest BCUT2D eigenvalue weighted by Gasteiger charge is -2.11. The fourth-order valence-electron chi connectivity index (χ4n) is 1.33. The van der Waals surface area contributed by atoms with Gasteiger partial charge in [0.15, 0.2) is 0 Å². The first-order chi connectivity index (χ1) is 7.58. The maximum absolute atomic E-state index is 11.5. The van der Waals surface area contributed by atoms with Gasteiger partial charge in [-0.1, -0.05) is 6.07 Å². The normalized spacial score (nSPS) is 11.8. The van der Waals surface area contributed by atoms with Crippen LogP contribution < -0.4 is 5.32 Å². The highest BCUT2D eigenvalue weighted by molar-refractivity contribution is 5.79. The Balaban J connectivity index is 2.39. The van der Waals surface area contributed by atoms with E-state index < -0.39 is 5.97 Å². The Morgan fingerprint density at radius 1 is 1.56 bits per heavy atom. The first-order valence-electron chi connectivity index (χ1n) is 4.98. The molecule has 0 fully saturated rings. The molecule has 1 atom stereocenters. The van der Waals surface area contributed by atoms with Crippen molar-refractivity contribution in [3.63, 3.8) is 0 Å². The number of carbonyl (C=O) groups excluding carboxylic acids is 1. The first-order valence-corrected chi connectivity index (χ1v) is 4.98. The van der Waals surface area contributed by atoms with Crippen molar-refractivity contribution in [1.82, 2.24) is 10.3 Å². The van der Waals surface area contributed by atoms with Gasteiger partial charge in [-0.3, -0.25) is 14.6 Å². The molecule has 5 nitrogen and oxygen atoms in total. The number of pyridine rings is 1. The van der Waals surface area contributed by atoms with Gasteiger partial charge in [0, 0.05) is 18.4 Å². The van der Waals surface area contributed by atoms with Crippen molar-refractivity contribution in [1.29, 1.82) is 0 Å². The molecule has 0 spiro atoms. The molecule has 0 saturated heterocycles. The molecule has 0 radical (unpaired) electrons. The predicted octanol–water partition coefficient (Wildman–Crippen LogP) is 0.603. The number of aliphatic carboxylic acids is 1. The summed E-state index contributed by atoms with van der Waals surface area (Å²) in [4.78, 5) is 25.8. The summed E-state index contributed by atoms with van der Waals surface area (Å²) < 4.78 is 0. The van der Waals surface area contributed by atoms with Crippen molar-refractivity contribution in [2.75, 3.05) is 0 Å². The number of carboxylic acids is 1. The highest BCUT2D eigenvalue weighted by atomic mass is 16.4. The molecule has 1 heterocycles. The molecule has 1 rings (SSSR count). The highest BCUT2D eigenvalue weighted by Gasteiger charge is 2.11. The largest absolute Gasteiger partial charge is 0.481 e. The van der Waals surface area contributed by atoms with Crippen molar-refractivity contribution >= 4 is 11.9 Å². The summed E-state index contributed by atoms with van der Waals surface area (Å²) in [6.45, 7) is 1.66. The van der Waals surface area contributed by atoms with E-state index in [0.29, 0.717) is 0 Å². The zero-order valence-corrected chi connectivity index (χ0v) is 9.01. The third kappa shape index (κ3) is 4.54. The van der Waals surface area contributed by atoms with Gasteiger partial charge in [-0.2, -0.15) is 0 Å². The number of carbonyl (C=O) groups is 2. The summed E-state index contributed by atoms with van der Waals surface area (Å²) in [5.74, 6) is -1.11. The second kappa shape index (κ2) is 5.85. The molecule has 2 N–H and O–H groups in total. The monoisotopic (exact) mass is 222 g/mol. The molecule has 0 bridgehead atoms. The van der Waals surface area contributed by atoms with Crippen LogP contribution in [0, 0.1) is 0 Å². The number of aromatic nitrogens is 1. The summed E-state index contributed by atoms with van der Waals surface area (Å²) in [6.07, 6.45) is 3.40. The van der Waals surface area contributed by atoms with Crippen LogP contribution in [-0.4, -0.2) is 28.0 Å². The van der Waals surface area contributed by atoms with Crippen LogP contribution >= 0.6 is 0 Å². The number of carboxylic acid groups (broad SMARTS) is 1. The van der Waals surface area contributed by atoms with Crippen LogP contribution in [0.15, 0.2) is 24.5 Å². The van der Waals surface area contributed by atoms with Crippen molar-refractivity contribution in [2.24, 2.45) is 0 Å². The minimum atomic E-state index is -0.922. The number of amides is 1. The van der Waals surface area contributed by atoms with Crippen molar-refractivity contribution in [3.8, 4) is 0 Å². The van der Waals surface area contributed by atoms with Gasteiger partial charge in [0.25, 0.3) is 0 Å². The standard InChI is InChI=1S/C11H14N2O3/c1-8(5-11(15)16)13-10(14)6-9-3-2-4-12-7-9/h2-4,7-8H,5-6H2,1H3,(H,13,14)(H,15,16). The third-order valence-corrected chi connectivity index (χ3v) is 1.98. The Hall–Kier alpha value is -1.91. The molecule has 1 aromatic heterocycles. The summed E-state index contributed by atoms with van der Waals surface area (Å²) in [6, 6.07) is 3.19. The Bertz CT molecular complexity index is 365. The van der Waals surface area contributed by atoms with Crippen LogP contribution in [0.25, 0.3) is 0 Å². The molecule has 1 unspecified atom stereocenters. The lowest BCUT2D eigenvalue weighted by molar-refractivity contribution is -0.137. The smallest absolute Gasteiger partial charge is 0.305 e. The van der Waals surface area contributed by atoms with Crippen LogP contribution in [-0.2, 0) is 16.0 Å². The van der Waals surface area contributed by atoms with Crippen LogP contribution in [0.5, 0.6) is 0 Å². The van der Waals surface area contributed by atoms with E-state index in [1.807, 2.05) is 0 Å². The average Bonchev–Trinajstić information content (AvgIpc) is 2.17. The Labute approximate surface area is 93.5 Å². The average molecular weight is 222 g/mol. The maximum atomic E-state index is 11.5. The van der Waals surface area contributed by atoms with Crippen molar-refractivity contribution < 1.29 is 14.7 Å². The van der Waals surface area contributed by atoms with Crippen molar-refractivity contribution in [2.45, 2.75) is 25.8 Å². The van der Waals surface area contributed by atoms with E-state index in [-0.39, 0.29) is 24.8 Å². The van der Waals surface area contributed by atoms with Gasteiger partial charge < -0.3 is 10.4 Å². The zero-order valence-electron chi connectivity index (χ0n) is 9.01. The molecule has 1 amide bonds. The Kier molecular flexibility index (Phi) is 4.44. The third-order valence-electron chi connectivity index (χ3n) is 1.98. The maximum Gasteiger partial charge on any atom is 0.305 e. The molecule has 16 heavy (non-hydrogen) atoms. The van der Waals surface area contributed by atoms with E-state index in [2.05, 4.69) is 10.3 Å². The number of nitrogens with one attached hydrogen (secondary N) is 1. The molecule has 0 aliphatic heterocycles. The lowest BCUT2D eigenvalue weighted by Crippen LogP contribution is -2.35. The second-order valence-corrected chi connectivity index (χ2v) is 3.60. The number of nitrogens with zero attached hydrogens (tertiary/aromatic N) is 1. The van der Waals surface area contributed by atoms with Gasteiger partial charge >= 0.3 is 5.97 Å². The van der Waals surface area contributed by atoms with E-state index in [1.165, 1.54) is 0 Å². The van der Waals surface area contributed by atoms with Crippen LogP contribution in [0.1, 0.15) is 18.9 Å². The fraction of sp³-hybridized carbons (Fsp3) is 0.364. The van der Waals surface area contributed by atoms with Gasteiger partial charge in [-0.15, -0.1) is 0 Å². The quantitative estimate of drug-likeness (QED) is 0.764. The van der Waals surface area contributed by atoms with Gasteiger partial charge in [-0.25, -0.2) is 0 Å². The van der Waals surface area contributed by atoms with E-state index >= 15 is 0 Å². The number of hydrogen-bond donors (Lipinski definition) is 2.